The molecule has 2 rings (SSSR count). The summed E-state index contributed by atoms with van der Waals surface area (Å²) in [5.41, 5.74) is 7.98. The number of nitriles is 1. The maximum atomic E-state index is 9.03. The molecule has 0 aliphatic carbocycles. The summed E-state index contributed by atoms with van der Waals surface area (Å²) < 4.78 is 0.377. The van der Waals surface area contributed by atoms with Crippen LogP contribution in [0.4, 0.5) is 5.82 Å². The van der Waals surface area contributed by atoms with Crippen LogP contribution in [0.1, 0.15) is 11.1 Å². The van der Waals surface area contributed by atoms with E-state index >= 15 is 0 Å². The van der Waals surface area contributed by atoms with Crippen molar-refractivity contribution >= 4 is 18.0 Å². The molecular formula is C14H21N7S. The van der Waals surface area contributed by atoms with Gasteiger partial charge in [0.05, 0.1) is 5.56 Å². The largest absolute Gasteiger partial charge is 0.400 e. The minimum Gasteiger partial charge on any atom is -0.400 e. The molecule has 0 aromatic carbocycles. The number of aryl methyl sites for hydroxylation is 1. The summed E-state index contributed by atoms with van der Waals surface area (Å²) in [6, 6.07) is 3.86. The molecule has 1 aliphatic rings. The van der Waals surface area contributed by atoms with E-state index in [2.05, 4.69) is 21.3 Å². The normalized spacial score (nSPS) is 16.3. The zero-order valence-electron chi connectivity index (χ0n) is 12.6. The topological polar surface area (TPSA) is 110 Å². The van der Waals surface area contributed by atoms with Gasteiger partial charge in [-0.15, -0.1) is 0 Å². The van der Waals surface area contributed by atoms with Gasteiger partial charge < -0.3 is 16.0 Å². The van der Waals surface area contributed by atoms with Gasteiger partial charge in [0.25, 0.3) is 0 Å². The molecule has 118 valence electrons. The molecule has 7 nitrogen and oxygen atoms in total. The van der Waals surface area contributed by atoms with Crippen molar-refractivity contribution in [2.24, 2.45) is 11.6 Å². The highest BCUT2D eigenvalue weighted by molar-refractivity contribution is 7.71. The Bertz CT molecular complexity index is 652. The van der Waals surface area contributed by atoms with Crippen molar-refractivity contribution in [3.05, 3.63) is 33.7 Å². The number of H-pyrrole nitrogens is 1. The lowest BCUT2D eigenvalue weighted by Gasteiger charge is -2.27. The first-order chi connectivity index (χ1) is 10.5. The number of rotatable bonds is 4. The zero-order valence-corrected chi connectivity index (χ0v) is 13.4. The summed E-state index contributed by atoms with van der Waals surface area (Å²) in [4.78, 5) is 5.21. The van der Waals surface area contributed by atoms with Crippen LogP contribution in [0, 0.1) is 22.9 Å². The number of hydrazine groups is 1. The number of nitrogens with zero attached hydrogens (tertiary/aromatic N) is 3. The van der Waals surface area contributed by atoms with Gasteiger partial charge in [0.2, 0.25) is 0 Å². The van der Waals surface area contributed by atoms with Crippen LogP contribution >= 0.6 is 12.2 Å². The Kier molecular flexibility index (Phi) is 5.51. The zero-order chi connectivity index (χ0) is 16.1. The molecule has 1 aromatic heterocycles. The Hall–Kier alpha value is -1.92. The van der Waals surface area contributed by atoms with E-state index in [9.17, 15) is 0 Å². The molecule has 0 bridgehead atoms. The number of aromatic nitrogens is 1. The van der Waals surface area contributed by atoms with Gasteiger partial charge in [0, 0.05) is 44.6 Å². The summed E-state index contributed by atoms with van der Waals surface area (Å²) in [6.45, 7) is 6.39. The lowest BCUT2D eigenvalue weighted by molar-refractivity contribution is 0.258. The Morgan fingerprint density at radius 2 is 2.23 bits per heavy atom. The van der Waals surface area contributed by atoms with Crippen molar-refractivity contribution in [2.45, 2.75) is 6.92 Å². The van der Waals surface area contributed by atoms with Crippen molar-refractivity contribution in [2.75, 3.05) is 37.7 Å². The number of aromatic amines is 1. The van der Waals surface area contributed by atoms with Gasteiger partial charge >= 0.3 is 0 Å². The highest BCUT2D eigenvalue weighted by atomic mass is 32.1. The Morgan fingerprint density at radius 1 is 1.55 bits per heavy atom. The molecule has 2 heterocycles. The fraction of sp³-hybridized carbons (Fsp3) is 0.429. The summed E-state index contributed by atoms with van der Waals surface area (Å²) in [6.07, 6.45) is 1.67. The van der Waals surface area contributed by atoms with Gasteiger partial charge in [-0.2, -0.15) is 5.26 Å². The van der Waals surface area contributed by atoms with Crippen molar-refractivity contribution in [1.29, 1.82) is 5.26 Å². The summed E-state index contributed by atoms with van der Waals surface area (Å²) in [5, 5.41) is 13.7. The van der Waals surface area contributed by atoms with Gasteiger partial charge in [-0.05, 0) is 18.6 Å². The Labute approximate surface area is 135 Å². The predicted octanol–water partition coefficient (Wildman–Crippen LogP) is 0.310. The van der Waals surface area contributed by atoms with Gasteiger partial charge in [-0.25, -0.2) is 5.84 Å². The van der Waals surface area contributed by atoms with Crippen LogP contribution in [-0.2, 0) is 0 Å². The second kappa shape index (κ2) is 7.38. The Balaban J connectivity index is 2.10. The summed E-state index contributed by atoms with van der Waals surface area (Å²) >= 11 is 5.16. The lowest BCUT2D eigenvalue weighted by atomic mass is 10.2. The molecule has 0 spiro atoms. The van der Waals surface area contributed by atoms with Gasteiger partial charge in [0.15, 0.2) is 0 Å². The third-order valence-corrected chi connectivity index (χ3v) is 3.83. The van der Waals surface area contributed by atoms with Crippen molar-refractivity contribution in [1.82, 2.24) is 15.2 Å². The van der Waals surface area contributed by atoms with E-state index in [1.165, 1.54) is 5.01 Å². The van der Waals surface area contributed by atoms with E-state index in [4.69, 9.17) is 29.1 Å². The molecule has 0 amide bonds. The third-order valence-electron chi connectivity index (χ3n) is 3.53. The van der Waals surface area contributed by atoms with E-state index < -0.39 is 0 Å². The number of piperazine rings is 1. The molecule has 6 N–H and O–H groups in total. The molecule has 1 aromatic rings. The van der Waals surface area contributed by atoms with Crippen LogP contribution in [0.2, 0.25) is 0 Å². The van der Waals surface area contributed by atoms with Crippen molar-refractivity contribution < 1.29 is 0 Å². The van der Waals surface area contributed by atoms with Crippen LogP contribution in [0.3, 0.4) is 0 Å². The number of hydrogen-bond acceptors (Lipinski definition) is 7. The fourth-order valence-corrected chi connectivity index (χ4v) is 2.68. The molecule has 0 radical (unpaired) electrons. The molecule has 0 unspecified atom stereocenters. The molecule has 22 heavy (non-hydrogen) atoms. The number of pyridine rings is 1. The van der Waals surface area contributed by atoms with Crippen LogP contribution in [0.25, 0.3) is 0 Å². The number of anilines is 1. The molecule has 1 aliphatic heterocycles. The highest BCUT2D eigenvalue weighted by Crippen LogP contribution is 2.15. The van der Waals surface area contributed by atoms with Gasteiger partial charge in [-0.3, -0.25) is 9.91 Å². The second-order valence-corrected chi connectivity index (χ2v) is 5.70. The minimum atomic E-state index is 0.377. The maximum absolute atomic E-state index is 9.03. The number of nitrogens with two attached hydrogens (primary N) is 2. The molecule has 1 fully saturated rings. The highest BCUT2D eigenvalue weighted by Gasteiger charge is 2.11. The molecular weight excluding hydrogens is 298 g/mol. The predicted molar refractivity (Wildman–Crippen MR) is 89.3 cm³/mol. The van der Waals surface area contributed by atoms with E-state index in [-0.39, 0.29) is 0 Å². The third kappa shape index (κ3) is 4.05. The first-order valence-corrected chi connectivity index (χ1v) is 7.49. The van der Waals surface area contributed by atoms with Crippen LogP contribution in [0.15, 0.2) is 18.0 Å². The first-order valence-electron chi connectivity index (χ1n) is 7.08. The van der Waals surface area contributed by atoms with Crippen LogP contribution in [0.5, 0.6) is 0 Å². The van der Waals surface area contributed by atoms with Crippen molar-refractivity contribution in [3.63, 3.8) is 0 Å². The van der Waals surface area contributed by atoms with E-state index in [1.807, 2.05) is 6.92 Å². The second-order valence-electron chi connectivity index (χ2n) is 5.29. The quantitative estimate of drug-likeness (QED) is 0.359. The van der Waals surface area contributed by atoms with Crippen molar-refractivity contribution in [3.8, 4) is 6.07 Å². The molecule has 1 saturated heterocycles. The summed E-state index contributed by atoms with van der Waals surface area (Å²) in [5.74, 6) is 6.62. The van der Waals surface area contributed by atoms with E-state index in [0.29, 0.717) is 28.3 Å². The first kappa shape index (κ1) is 16.5. The summed E-state index contributed by atoms with van der Waals surface area (Å²) in [7, 11) is 0. The van der Waals surface area contributed by atoms with Gasteiger partial charge in [-0.1, -0.05) is 12.2 Å². The molecule has 8 heteroatoms. The Morgan fingerprint density at radius 3 is 2.82 bits per heavy atom. The monoisotopic (exact) mass is 319 g/mol. The van der Waals surface area contributed by atoms with E-state index in [0.717, 1.165) is 31.7 Å². The van der Waals surface area contributed by atoms with E-state index in [1.54, 1.807) is 12.3 Å². The number of hydrogen-bond donors (Lipinski definition) is 4. The van der Waals surface area contributed by atoms with Gasteiger partial charge in [0.1, 0.15) is 16.5 Å². The SMILES string of the molecule is Cc1cc(N(N)/C=C(\N)CN2CCNCC2)[nH]c(=S)c1C#N. The fourth-order valence-electron chi connectivity index (χ4n) is 2.37. The van der Waals surface area contributed by atoms with Crippen LogP contribution < -0.4 is 21.9 Å². The van der Waals surface area contributed by atoms with Crippen LogP contribution in [-0.4, -0.2) is 42.6 Å². The smallest absolute Gasteiger partial charge is 0.125 e. The standard InChI is InChI=1S/C14H21N7S/c1-10-6-13(19-14(22)12(10)7-15)21(17)9-11(16)8-20-4-2-18-3-5-20/h6,9,18H,2-5,8,16-17H2,1H3,(H,19,22)/b11-9-. The lowest BCUT2D eigenvalue weighted by Crippen LogP contribution is -2.45. The average molecular weight is 319 g/mol. The maximum Gasteiger partial charge on any atom is 0.125 e. The number of nitrogens with one attached hydrogen (secondary N) is 2. The molecule has 0 atom stereocenters. The minimum absolute atomic E-state index is 0.377. The average Bonchev–Trinajstić information content (AvgIpc) is 2.47. The molecule has 0 saturated carbocycles.